The second kappa shape index (κ2) is 6.04. The highest BCUT2D eigenvalue weighted by molar-refractivity contribution is 6.06. The minimum absolute atomic E-state index is 0.0923. The van der Waals surface area contributed by atoms with E-state index in [1.165, 1.54) is 0 Å². The van der Waals surface area contributed by atoms with Gasteiger partial charge >= 0.3 is 0 Å². The number of amides is 1. The van der Waals surface area contributed by atoms with Gasteiger partial charge in [-0.2, -0.15) is 0 Å². The molecule has 0 bridgehead atoms. The van der Waals surface area contributed by atoms with Gasteiger partial charge in [0.15, 0.2) is 0 Å². The zero-order chi connectivity index (χ0) is 15.7. The second-order valence-electron chi connectivity index (χ2n) is 5.99. The van der Waals surface area contributed by atoms with Gasteiger partial charge in [0.25, 0.3) is 11.6 Å². The molecule has 1 aliphatic rings. The third kappa shape index (κ3) is 2.97. The number of nitrogens with zero attached hydrogens (tertiary/aromatic N) is 2. The van der Waals surface area contributed by atoms with Crippen molar-refractivity contribution in [3.8, 4) is 0 Å². The minimum Gasteiger partial charge on any atom is -0.350 e. The largest absolute Gasteiger partial charge is 0.350 e. The van der Waals surface area contributed by atoms with E-state index in [0.717, 1.165) is 30.5 Å². The van der Waals surface area contributed by atoms with E-state index < -0.39 is 0 Å². The third-order valence-electron chi connectivity index (χ3n) is 4.00. The first-order chi connectivity index (χ1) is 10.6. The van der Waals surface area contributed by atoms with Crippen LogP contribution in [0.1, 0.15) is 54.4 Å². The zero-order valence-electron chi connectivity index (χ0n) is 13.3. The lowest BCUT2D eigenvalue weighted by Crippen LogP contribution is -2.38. The SMILES string of the molecule is CCN[C@H](C)CNC(=O)c1cc(C2CC2)nc2onc(C)c12. The van der Waals surface area contributed by atoms with Crippen LogP contribution in [-0.2, 0) is 0 Å². The van der Waals surface area contributed by atoms with Crippen molar-refractivity contribution in [1.29, 1.82) is 0 Å². The van der Waals surface area contributed by atoms with E-state index in [0.29, 0.717) is 29.4 Å². The summed E-state index contributed by atoms with van der Waals surface area (Å²) >= 11 is 0. The molecule has 6 heteroatoms. The van der Waals surface area contributed by atoms with Gasteiger partial charge in [-0.25, -0.2) is 4.98 Å². The summed E-state index contributed by atoms with van der Waals surface area (Å²) in [5.41, 5.74) is 2.73. The Morgan fingerprint density at radius 1 is 1.50 bits per heavy atom. The number of hydrogen-bond donors (Lipinski definition) is 2. The predicted molar refractivity (Wildman–Crippen MR) is 84.0 cm³/mol. The number of likely N-dealkylation sites (N-methyl/N-ethyl adjacent to an activating group) is 1. The van der Waals surface area contributed by atoms with Crippen molar-refractivity contribution >= 4 is 17.0 Å². The number of nitrogens with one attached hydrogen (secondary N) is 2. The highest BCUT2D eigenvalue weighted by atomic mass is 16.5. The average molecular weight is 302 g/mol. The Hall–Kier alpha value is -1.95. The van der Waals surface area contributed by atoms with Crippen molar-refractivity contribution < 1.29 is 9.32 Å². The maximum atomic E-state index is 12.6. The van der Waals surface area contributed by atoms with E-state index in [9.17, 15) is 4.79 Å². The molecule has 1 amide bonds. The molecule has 2 heterocycles. The van der Waals surface area contributed by atoms with Gasteiger partial charge in [0, 0.05) is 24.2 Å². The van der Waals surface area contributed by atoms with Gasteiger partial charge in [-0.1, -0.05) is 12.1 Å². The average Bonchev–Trinajstić information content (AvgIpc) is 3.29. The fourth-order valence-corrected chi connectivity index (χ4v) is 2.64. The van der Waals surface area contributed by atoms with Crippen molar-refractivity contribution in [1.82, 2.24) is 20.8 Å². The van der Waals surface area contributed by atoms with Crippen LogP contribution in [0.5, 0.6) is 0 Å². The van der Waals surface area contributed by atoms with Crippen molar-refractivity contribution in [3.05, 3.63) is 23.0 Å². The molecule has 0 spiro atoms. The molecule has 22 heavy (non-hydrogen) atoms. The zero-order valence-corrected chi connectivity index (χ0v) is 13.3. The maximum absolute atomic E-state index is 12.6. The lowest BCUT2D eigenvalue weighted by atomic mass is 10.1. The van der Waals surface area contributed by atoms with Crippen LogP contribution >= 0.6 is 0 Å². The van der Waals surface area contributed by atoms with Gasteiger partial charge in [-0.3, -0.25) is 4.79 Å². The Labute approximate surface area is 129 Å². The molecule has 0 radical (unpaired) electrons. The number of rotatable bonds is 6. The molecule has 3 rings (SSSR count). The first kappa shape index (κ1) is 15.0. The molecule has 0 saturated heterocycles. The summed E-state index contributed by atoms with van der Waals surface area (Å²) < 4.78 is 5.27. The highest BCUT2D eigenvalue weighted by Crippen LogP contribution is 2.40. The number of fused-ring (bicyclic) bond motifs is 1. The second-order valence-corrected chi connectivity index (χ2v) is 5.99. The summed E-state index contributed by atoms with van der Waals surface area (Å²) in [5, 5.41) is 10.9. The Morgan fingerprint density at radius 2 is 2.27 bits per heavy atom. The van der Waals surface area contributed by atoms with Gasteiger partial charge in [0.05, 0.1) is 16.6 Å². The first-order valence-corrected chi connectivity index (χ1v) is 7.88. The molecule has 1 saturated carbocycles. The van der Waals surface area contributed by atoms with E-state index in [1.54, 1.807) is 0 Å². The summed E-state index contributed by atoms with van der Waals surface area (Å²) in [6.45, 7) is 7.40. The van der Waals surface area contributed by atoms with Crippen LogP contribution in [0.2, 0.25) is 0 Å². The summed E-state index contributed by atoms with van der Waals surface area (Å²) in [6.07, 6.45) is 2.26. The van der Waals surface area contributed by atoms with Crippen LogP contribution in [0.25, 0.3) is 11.1 Å². The molecule has 0 unspecified atom stereocenters. The van der Waals surface area contributed by atoms with Crippen LogP contribution in [0.4, 0.5) is 0 Å². The molecule has 0 aliphatic heterocycles. The molecule has 1 fully saturated rings. The number of carbonyl (C=O) groups excluding carboxylic acids is 1. The lowest BCUT2D eigenvalue weighted by molar-refractivity contribution is 0.0951. The molecule has 2 aromatic heterocycles. The Bertz CT molecular complexity index is 691. The molecular weight excluding hydrogens is 280 g/mol. The van der Waals surface area contributed by atoms with Gasteiger partial charge in [0.1, 0.15) is 0 Å². The Kier molecular flexibility index (Phi) is 4.11. The fourth-order valence-electron chi connectivity index (χ4n) is 2.64. The Morgan fingerprint density at radius 3 is 2.95 bits per heavy atom. The van der Waals surface area contributed by atoms with E-state index in [1.807, 2.05) is 26.8 Å². The highest BCUT2D eigenvalue weighted by Gasteiger charge is 2.28. The number of aryl methyl sites for hydroxylation is 1. The molecule has 2 N–H and O–H groups in total. The number of carbonyl (C=O) groups is 1. The van der Waals surface area contributed by atoms with Crippen LogP contribution in [0.15, 0.2) is 10.6 Å². The summed E-state index contributed by atoms with van der Waals surface area (Å²) in [7, 11) is 0. The number of aromatic nitrogens is 2. The Balaban J connectivity index is 1.87. The van der Waals surface area contributed by atoms with Gasteiger partial charge in [-0.15, -0.1) is 0 Å². The summed E-state index contributed by atoms with van der Waals surface area (Å²) in [5.74, 6) is 0.368. The molecular formula is C16H22N4O2. The van der Waals surface area contributed by atoms with Crippen LogP contribution in [-0.4, -0.2) is 35.2 Å². The summed E-state index contributed by atoms with van der Waals surface area (Å²) in [4.78, 5) is 17.1. The maximum Gasteiger partial charge on any atom is 0.259 e. The van der Waals surface area contributed by atoms with E-state index in [-0.39, 0.29) is 11.9 Å². The quantitative estimate of drug-likeness (QED) is 0.854. The van der Waals surface area contributed by atoms with Gasteiger partial charge in [0.2, 0.25) is 0 Å². The van der Waals surface area contributed by atoms with Crippen molar-refractivity contribution in [2.45, 2.75) is 45.6 Å². The lowest BCUT2D eigenvalue weighted by Gasteiger charge is -2.13. The van der Waals surface area contributed by atoms with Crippen LogP contribution < -0.4 is 10.6 Å². The van der Waals surface area contributed by atoms with Gasteiger partial charge in [-0.05, 0) is 39.3 Å². The fraction of sp³-hybridized carbons (Fsp3) is 0.562. The van der Waals surface area contributed by atoms with Crippen LogP contribution in [0, 0.1) is 6.92 Å². The molecule has 6 nitrogen and oxygen atoms in total. The van der Waals surface area contributed by atoms with Gasteiger partial charge < -0.3 is 15.2 Å². The third-order valence-corrected chi connectivity index (χ3v) is 4.00. The molecule has 0 aromatic carbocycles. The number of hydrogen-bond acceptors (Lipinski definition) is 5. The number of pyridine rings is 1. The topological polar surface area (TPSA) is 80.0 Å². The normalized spacial score (nSPS) is 16.0. The molecule has 1 atom stereocenters. The van der Waals surface area contributed by atoms with Crippen molar-refractivity contribution in [2.24, 2.45) is 0 Å². The van der Waals surface area contributed by atoms with E-state index in [4.69, 9.17) is 4.52 Å². The van der Waals surface area contributed by atoms with E-state index in [2.05, 4.69) is 20.8 Å². The van der Waals surface area contributed by atoms with Crippen molar-refractivity contribution in [2.75, 3.05) is 13.1 Å². The van der Waals surface area contributed by atoms with Crippen LogP contribution in [0.3, 0.4) is 0 Å². The predicted octanol–water partition coefficient (Wildman–Crippen LogP) is 2.14. The van der Waals surface area contributed by atoms with Crippen molar-refractivity contribution in [3.63, 3.8) is 0 Å². The molecule has 118 valence electrons. The standard InChI is InChI=1S/C16H22N4O2/c1-4-17-9(2)8-18-15(21)12-7-13(11-5-6-11)19-16-14(12)10(3)20-22-16/h7,9,11,17H,4-6,8H2,1-3H3,(H,18,21)/t9-/m1/s1. The minimum atomic E-state index is -0.0923. The smallest absolute Gasteiger partial charge is 0.259 e. The summed E-state index contributed by atoms with van der Waals surface area (Å²) in [6, 6.07) is 2.13. The molecule has 2 aromatic rings. The first-order valence-electron chi connectivity index (χ1n) is 7.88. The molecule has 1 aliphatic carbocycles. The van der Waals surface area contributed by atoms with E-state index >= 15 is 0 Å². The monoisotopic (exact) mass is 302 g/mol.